The van der Waals surface area contributed by atoms with Crippen LogP contribution in [0.3, 0.4) is 0 Å². The minimum atomic E-state index is -3.64. The van der Waals surface area contributed by atoms with E-state index >= 15 is 0 Å². The number of halogens is 1. The summed E-state index contributed by atoms with van der Waals surface area (Å²) in [7, 11) is -2.11. The lowest BCUT2D eigenvalue weighted by molar-refractivity contribution is 0.0786. The third-order valence-corrected chi connectivity index (χ3v) is 5.70. The van der Waals surface area contributed by atoms with Crippen LogP contribution in [0.15, 0.2) is 29.2 Å². The van der Waals surface area contributed by atoms with E-state index in [1.54, 1.807) is 0 Å². The molecule has 0 spiro atoms. The lowest BCUT2D eigenvalue weighted by atomic mass is 9.81. The minimum absolute atomic E-state index is 0.0695. The summed E-state index contributed by atoms with van der Waals surface area (Å²) in [6, 6.07) is 7.01. The molecule has 21 heavy (non-hydrogen) atoms. The highest BCUT2D eigenvalue weighted by atomic mass is 32.2. The molecule has 2 rings (SSSR count). The van der Waals surface area contributed by atoms with Crippen molar-refractivity contribution in [3.8, 4) is 6.07 Å². The minimum Gasteiger partial charge on any atom is -0.383 e. The van der Waals surface area contributed by atoms with Crippen LogP contribution >= 0.6 is 0 Å². The fourth-order valence-corrected chi connectivity index (χ4v) is 3.92. The van der Waals surface area contributed by atoms with E-state index in [1.165, 1.54) is 23.5 Å². The van der Waals surface area contributed by atoms with E-state index in [1.807, 2.05) is 0 Å². The molecule has 7 heteroatoms. The highest BCUT2D eigenvalue weighted by Crippen LogP contribution is 2.33. The Bertz CT molecular complexity index is 629. The van der Waals surface area contributed by atoms with Crippen LogP contribution < -0.4 is 0 Å². The monoisotopic (exact) mass is 312 g/mol. The van der Waals surface area contributed by atoms with Gasteiger partial charge in [0, 0.05) is 20.2 Å². The fraction of sp³-hybridized carbons (Fsp3) is 0.500. The molecule has 0 aliphatic carbocycles. The zero-order valence-corrected chi connectivity index (χ0v) is 12.6. The highest BCUT2D eigenvalue weighted by molar-refractivity contribution is 7.89. The zero-order valence-electron chi connectivity index (χ0n) is 11.8. The van der Waals surface area contributed by atoms with Gasteiger partial charge in [0.1, 0.15) is 5.82 Å². The Hall–Kier alpha value is -1.49. The van der Waals surface area contributed by atoms with Crippen LogP contribution in [-0.2, 0) is 14.8 Å². The first-order chi connectivity index (χ1) is 9.93. The average molecular weight is 312 g/mol. The Labute approximate surface area is 124 Å². The Kier molecular flexibility index (Phi) is 4.61. The van der Waals surface area contributed by atoms with Crippen molar-refractivity contribution >= 4 is 10.0 Å². The molecule has 5 nitrogen and oxygen atoms in total. The van der Waals surface area contributed by atoms with Gasteiger partial charge in [0.2, 0.25) is 10.0 Å². The Morgan fingerprint density at radius 2 is 1.90 bits per heavy atom. The summed E-state index contributed by atoms with van der Waals surface area (Å²) >= 11 is 0. The first-order valence-electron chi connectivity index (χ1n) is 6.59. The lowest BCUT2D eigenvalue weighted by Gasteiger charge is -2.36. The first-order valence-corrected chi connectivity index (χ1v) is 8.03. The van der Waals surface area contributed by atoms with Crippen molar-refractivity contribution in [2.24, 2.45) is 5.41 Å². The van der Waals surface area contributed by atoms with Gasteiger partial charge in [0.15, 0.2) is 0 Å². The SMILES string of the molecule is COCC1(C#N)CCN(S(=O)(=O)c2ccc(F)cc2)CC1. The van der Waals surface area contributed by atoms with Crippen LogP contribution in [0.25, 0.3) is 0 Å². The van der Waals surface area contributed by atoms with Crippen LogP contribution in [0.1, 0.15) is 12.8 Å². The van der Waals surface area contributed by atoms with Crippen LogP contribution in [0.5, 0.6) is 0 Å². The summed E-state index contributed by atoms with van der Waals surface area (Å²) in [6.45, 7) is 0.821. The van der Waals surface area contributed by atoms with Crippen LogP contribution in [0.4, 0.5) is 4.39 Å². The zero-order chi connectivity index (χ0) is 15.5. The number of sulfonamides is 1. The van der Waals surface area contributed by atoms with Crippen LogP contribution in [-0.4, -0.2) is 39.5 Å². The maximum atomic E-state index is 12.9. The molecular weight excluding hydrogens is 295 g/mol. The van der Waals surface area contributed by atoms with Gasteiger partial charge in [-0.05, 0) is 37.1 Å². The van der Waals surface area contributed by atoms with Crippen LogP contribution in [0.2, 0.25) is 0 Å². The van der Waals surface area contributed by atoms with Gasteiger partial charge in [-0.15, -0.1) is 0 Å². The topological polar surface area (TPSA) is 70.4 Å². The Balaban J connectivity index is 2.14. The van der Waals surface area contributed by atoms with Gasteiger partial charge in [-0.25, -0.2) is 12.8 Å². The molecule has 0 N–H and O–H groups in total. The average Bonchev–Trinajstić information content (AvgIpc) is 2.48. The van der Waals surface area contributed by atoms with Gasteiger partial charge in [-0.3, -0.25) is 0 Å². The maximum Gasteiger partial charge on any atom is 0.243 e. The predicted molar refractivity (Wildman–Crippen MR) is 74.3 cm³/mol. The summed E-state index contributed by atoms with van der Waals surface area (Å²) in [5.41, 5.74) is -0.621. The molecule has 0 unspecified atom stereocenters. The van der Waals surface area contributed by atoms with Gasteiger partial charge < -0.3 is 4.74 Å². The largest absolute Gasteiger partial charge is 0.383 e. The summed E-state index contributed by atoms with van der Waals surface area (Å²) < 4.78 is 44.2. The molecule has 1 aliphatic heterocycles. The number of hydrogen-bond donors (Lipinski definition) is 0. The second-order valence-corrected chi connectivity index (χ2v) is 7.12. The van der Waals surface area contributed by atoms with Crippen molar-refractivity contribution in [3.05, 3.63) is 30.1 Å². The Morgan fingerprint density at radius 3 is 2.38 bits per heavy atom. The second-order valence-electron chi connectivity index (χ2n) is 5.18. The van der Waals surface area contributed by atoms with Gasteiger partial charge >= 0.3 is 0 Å². The van der Waals surface area contributed by atoms with Crippen molar-refractivity contribution in [2.45, 2.75) is 17.7 Å². The molecule has 1 heterocycles. The molecule has 1 fully saturated rings. The Morgan fingerprint density at radius 1 is 1.33 bits per heavy atom. The number of ether oxygens (including phenoxy) is 1. The number of rotatable bonds is 4. The lowest BCUT2D eigenvalue weighted by Crippen LogP contribution is -2.44. The summed E-state index contributed by atoms with van der Waals surface area (Å²) in [6.07, 6.45) is 0.857. The first kappa shape index (κ1) is 15.9. The molecular formula is C14H17FN2O3S. The molecule has 0 aromatic heterocycles. The molecule has 1 aliphatic rings. The van der Waals surface area contributed by atoms with Crippen molar-refractivity contribution in [3.63, 3.8) is 0 Å². The number of hydrogen-bond acceptors (Lipinski definition) is 4. The second kappa shape index (κ2) is 6.10. The van der Waals surface area contributed by atoms with E-state index < -0.39 is 21.3 Å². The smallest absolute Gasteiger partial charge is 0.243 e. The number of nitrogens with zero attached hydrogens (tertiary/aromatic N) is 2. The van der Waals surface area contributed by atoms with E-state index in [4.69, 9.17) is 4.74 Å². The van der Waals surface area contributed by atoms with Gasteiger partial charge in [0.25, 0.3) is 0 Å². The van der Waals surface area contributed by atoms with Gasteiger partial charge in [0.05, 0.1) is 23.0 Å². The van der Waals surface area contributed by atoms with Crippen molar-refractivity contribution in [2.75, 3.05) is 26.8 Å². The molecule has 1 aromatic carbocycles. The molecule has 1 saturated heterocycles. The third kappa shape index (κ3) is 3.23. The van der Waals surface area contributed by atoms with E-state index in [-0.39, 0.29) is 18.0 Å². The predicted octanol–water partition coefficient (Wildman–Crippen LogP) is 1.77. The quantitative estimate of drug-likeness (QED) is 0.849. The summed E-state index contributed by atoms with van der Waals surface area (Å²) in [5.74, 6) is -0.476. The number of piperidine rings is 1. The molecule has 0 radical (unpaired) electrons. The van der Waals surface area contributed by atoms with Crippen molar-refractivity contribution < 1.29 is 17.5 Å². The van der Waals surface area contributed by atoms with E-state index in [2.05, 4.69) is 6.07 Å². The van der Waals surface area contributed by atoms with Crippen LogP contribution in [0, 0.1) is 22.6 Å². The van der Waals surface area contributed by atoms with Gasteiger partial charge in [-0.1, -0.05) is 0 Å². The normalized spacial score (nSPS) is 19.1. The molecule has 0 bridgehead atoms. The van der Waals surface area contributed by atoms with Crippen molar-refractivity contribution in [1.82, 2.24) is 4.31 Å². The number of nitriles is 1. The third-order valence-electron chi connectivity index (χ3n) is 3.79. The van der Waals surface area contributed by atoms with E-state index in [0.717, 1.165) is 12.1 Å². The standard InChI is InChI=1S/C14H17FN2O3S/c1-20-11-14(10-16)6-8-17(9-7-14)21(18,19)13-4-2-12(15)3-5-13/h2-5H,6-9,11H2,1H3. The summed E-state index contributed by atoms with van der Waals surface area (Å²) in [4.78, 5) is 0.0695. The highest BCUT2D eigenvalue weighted by Gasteiger charge is 2.38. The van der Waals surface area contributed by atoms with Crippen molar-refractivity contribution in [1.29, 1.82) is 5.26 Å². The van der Waals surface area contributed by atoms with E-state index in [9.17, 15) is 18.1 Å². The number of methoxy groups -OCH3 is 1. The molecule has 0 amide bonds. The molecule has 0 atom stereocenters. The summed E-state index contributed by atoms with van der Waals surface area (Å²) in [5, 5.41) is 9.27. The molecule has 114 valence electrons. The fourth-order valence-electron chi connectivity index (χ4n) is 2.47. The number of benzene rings is 1. The maximum absolute atomic E-state index is 12.9. The molecule has 1 aromatic rings. The van der Waals surface area contributed by atoms with E-state index in [0.29, 0.717) is 19.4 Å². The van der Waals surface area contributed by atoms with Gasteiger partial charge in [-0.2, -0.15) is 9.57 Å². The molecule has 0 saturated carbocycles.